The van der Waals surface area contributed by atoms with Gasteiger partial charge in [-0.2, -0.15) is 0 Å². The lowest BCUT2D eigenvalue weighted by Gasteiger charge is -2.12. The van der Waals surface area contributed by atoms with Crippen LogP contribution >= 0.6 is 11.6 Å². The predicted molar refractivity (Wildman–Crippen MR) is 65.4 cm³/mol. The van der Waals surface area contributed by atoms with Gasteiger partial charge >= 0.3 is 0 Å². The van der Waals surface area contributed by atoms with Crippen LogP contribution in [0.15, 0.2) is 18.2 Å². The molecule has 0 heterocycles. The van der Waals surface area contributed by atoms with Crippen molar-refractivity contribution in [1.82, 2.24) is 0 Å². The number of anilines is 3. The van der Waals surface area contributed by atoms with E-state index in [1.165, 1.54) is 0 Å². The molecule has 2 nitrogen and oxygen atoms in total. The fourth-order valence-corrected chi connectivity index (χ4v) is 1.66. The standard InChI is InChI=1S/C12H6ClF5N2/c13-4-1-8(19)9(3-5(4)14)20-12-10(17)6(15)2-7(16)11(12)18/h1-3,20H,19H2. The summed E-state index contributed by atoms with van der Waals surface area (Å²) in [5.41, 5.74) is 3.92. The quantitative estimate of drug-likeness (QED) is 0.491. The van der Waals surface area contributed by atoms with Gasteiger partial charge in [0, 0.05) is 12.1 Å². The van der Waals surface area contributed by atoms with E-state index in [1.54, 1.807) is 0 Å². The smallest absolute Gasteiger partial charge is 0.185 e. The Morgan fingerprint density at radius 2 is 1.40 bits per heavy atom. The van der Waals surface area contributed by atoms with E-state index in [-0.39, 0.29) is 22.5 Å². The molecule has 0 unspecified atom stereocenters. The molecule has 2 aromatic rings. The predicted octanol–water partition coefficient (Wildman–Crippen LogP) is 4.36. The van der Waals surface area contributed by atoms with Crippen molar-refractivity contribution in [3.63, 3.8) is 0 Å². The molecule has 3 N–H and O–H groups in total. The average molecular weight is 309 g/mol. The van der Waals surface area contributed by atoms with Crippen molar-refractivity contribution in [3.05, 3.63) is 52.3 Å². The molecule has 106 valence electrons. The molecule has 0 radical (unpaired) electrons. The minimum atomic E-state index is -1.65. The molecular formula is C12H6ClF5N2. The van der Waals surface area contributed by atoms with Gasteiger partial charge in [0.25, 0.3) is 0 Å². The van der Waals surface area contributed by atoms with Gasteiger partial charge in [-0.25, -0.2) is 22.0 Å². The second kappa shape index (κ2) is 5.16. The summed E-state index contributed by atoms with van der Waals surface area (Å²) < 4.78 is 66.2. The Hall–Kier alpha value is -2.02. The topological polar surface area (TPSA) is 38.0 Å². The van der Waals surface area contributed by atoms with Crippen molar-refractivity contribution in [1.29, 1.82) is 0 Å². The number of halogens is 6. The summed E-state index contributed by atoms with van der Waals surface area (Å²) >= 11 is 5.45. The summed E-state index contributed by atoms with van der Waals surface area (Å²) in [5, 5.41) is 1.70. The molecular weight excluding hydrogens is 303 g/mol. The van der Waals surface area contributed by atoms with Gasteiger partial charge in [-0.3, -0.25) is 0 Å². The largest absolute Gasteiger partial charge is 0.397 e. The van der Waals surface area contributed by atoms with Crippen molar-refractivity contribution >= 4 is 28.7 Å². The summed E-state index contributed by atoms with van der Waals surface area (Å²) in [4.78, 5) is 0. The second-order valence-corrected chi connectivity index (χ2v) is 4.23. The number of benzene rings is 2. The first-order valence-corrected chi connectivity index (χ1v) is 5.53. The van der Waals surface area contributed by atoms with E-state index in [2.05, 4.69) is 0 Å². The SMILES string of the molecule is Nc1cc(Cl)c(F)cc1Nc1c(F)c(F)cc(F)c1F. The molecule has 20 heavy (non-hydrogen) atoms. The molecule has 0 fully saturated rings. The van der Waals surface area contributed by atoms with Gasteiger partial charge in [0.05, 0.1) is 16.4 Å². The monoisotopic (exact) mass is 308 g/mol. The average Bonchev–Trinajstić information content (AvgIpc) is 2.38. The summed E-state index contributed by atoms with van der Waals surface area (Å²) in [6.07, 6.45) is 0. The first kappa shape index (κ1) is 14.4. The third-order valence-corrected chi connectivity index (χ3v) is 2.75. The minimum Gasteiger partial charge on any atom is -0.397 e. The lowest BCUT2D eigenvalue weighted by molar-refractivity contribution is 0.459. The maximum Gasteiger partial charge on any atom is 0.185 e. The summed E-state index contributed by atoms with van der Waals surface area (Å²) in [6.45, 7) is 0. The number of nitrogens with one attached hydrogen (secondary N) is 1. The van der Waals surface area contributed by atoms with Crippen molar-refractivity contribution in [3.8, 4) is 0 Å². The van der Waals surface area contributed by atoms with Crippen LogP contribution in [0.3, 0.4) is 0 Å². The number of nitrogens with two attached hydrogens (primary N) is 1. The zero-order chi connectivity index (χ0) is 15.0. The van der Waals surface area contributed by atoms with Crippen molar-refractivity contribution in [2.75, 3.05) is 11.1 Å². The van der Waals surface area contributed by atoms with Gasteiger partial charge in [0.15, 0.2) is 23.3 Å². The molecule has 0 amide bonds. The van der Waals surface area contributed by atoms with E-state index in [4.69, 9.17) is 17.3 Å². The molecule has 8 heteroatoms. The summed E-state index contributed by atoms with van der Waals surface area (Å²) in [6, 6.07) is 1.80. The normalized spacial score (nSPS) is 10.7. The molecule has 0 saturated carbocycles. The first-order valence-electron chi connectivity index (χ1n) is 5.15. The van der Waals surface area contributed by atoms with E-state index < -0.39 is 34.8 Å². The van der Waals surface area contributed by atoms with Crippen LogP contribution in [0.25, 0.3) is 0 Å². The first-order chi connectivity index (χ1) is 9.31. The molecule has 2 aromatic carbocycles. The lowest BCUT2D eigenvalue weighted by atomic mass is 10.2. The Labute approximate surface area is 115 Å². The van der Waals surface area contributed by atoms with E-state index >= 15 is 0 Å². The second-order valence-electron chi connectivity index (χ2n) is 3.82. The highest BCUT2D eigenvalue weighted by Gasteiger charge is 2.20. The van der Waals surface area contributed by atoms with Crippen LogP contribution in [0.4, 0.5) is 39.0 Å². The van der Waals surface area contributed by atoms with E-state index in [0.717, 1.165) is 12.1 Å². The van der Waals surface area contributed by atoms with Crippen LogP contribution in [0.1, 0.15) is 0 Å². The van der Waals surface area contributed by atoms with Crippen molar-refractivity contribution in [2.45, 2.75) is 0 Å². The van der Waals surface area contributed by atoms with Crippen LogP contribution < -0.4 is 11.1 Å². The van der Waals surface area contributed by atoms with Crippen LogP contribution in [0, 0.1) is 29.1 Å². The van der Waals surface area contributed by atoms with Gasteiger partial charge in [-0.1, -0.05) is 11.6 Å². The molecule has 0 saturated heterocycles. The van der Waals surface area contributed by atoms with E-state index in [1.807, 2.05) is 5.32 Å². The minimum absolute atomic E-state index is 0.0572. The zero-order valence-corrected chi connectivity index (χ0v) is 10.3. The Balaban J connectivity index is 2.53. The van der Waals surface area contributed by atoms with Crippen LogP contribution in [0.5, 0.6) is 0 Å². The van der Waals surface area contributed by atoms with Gasteiger partial charge in [0.2, 0.25) is 0 Å². The van der Waals surface area contributed by atoms with Crippen molar-refractivity contribution < 1.29 is 22.0 Å². The number of rotatable bonds is 2. The lowest BCUT2D eigenvalue weighted by Crippen LogP contribution is -2.05. The molecule has 0 bridgehead atoms. The van der Waals surface area contributed by atoms with Gasteiger partial charge in [-0.15, -0.1) is 0 Å². The third kappa shape index (κ3) is 2.49. The Kier molecular flexibility index (Phi) is 3.71. The van der Waals surface area contributed by atoms with Gasteiger partial charge in [-0.05, 0) is 6.07 Å². The highest BCUT2D eigenvalue weighted by molar-refractivity contribution is 6.31. The number of hydrogen-bond donors (Lipinski definition) is 2. The maximum absolute atomic E-state index is 13.4. The van der Waals surface area contributed by atoms with E-state index in [9.17, 15) is 22.0 Å². The fraction of sp³-hybridized carbons (Fsp3) is 0. The van der Waals surface area contributed by atoms with Crippen LogP contribution in [-0.4, -0.2) is 0 Å². The molecule has 0 aliphatic carbocycles. The van der Waals surface area contributed by atoms with Gasteiger partial charge < -0.3 is 11.1 Å². The summed E-state index contributed by atoms with van der Waals surface area (Å²) in [7, 11) is 0. The van der Waals surface area contributed by atoms with Crippen molar-refractivity contribution in [2.24, 2.45) is 0 Å². The maximum atomic E-state index is 13.4. The Morgan fingerprint density at radius 1 is 0.850 bits per heavy atom. The van der Waals surface area contributed by atoms with Gasteiger partial charge in [0.1, 0.15) is 11.5 Å². The Morgan fingerprint density at radius 3 is 1.95 bits per heavy atom. The molecule has 0 atom stereocenters. The molecule has 0 aliphatic rings. The van der Waals surface area contributed by atoms with E-state index in [0.29, 0.717) is 0 Å². The summed E-state index contributed by atoms with van der Waals surface area (Å²) in [5.74, 6) is -7.42. The molecule has 2 rings (SSSR count). The Bertz CT molecular complexity index is 664. The van der Waals surface area contributed by atoms with Crippen LogP contribution in [-0.2, 0) is 0 Å². The number of nitrogen functional groups attached to an aromatic ring is 1. The molecule has 0 aromatic heterocycles. The highest BCUT2D eigenvalue weighted by atomic mass is 35.5. The molecule has 0 aliphatic heterocycles. The van der Waals surface area contributed by atoms with Crippen LogP contribution in [0.2, 0.25) is 5.02 Å². The number of hydrogen-bond acceptors (Lipinski definition) is 2. The third-order valence-electron chi connectivity index (χ3n) is 2.46. The fourth-order valence-electron chi connectivity index (χ4n) is 1.49. The zero-order valence-electron chi connectivity index (χ0n) is 9.58. The molecule has 0 spiro atoms. The highest BCUT2D eigenvalue weighted by Crippen LogP contribution is 2.32.